The molecule has 5 rings (SSSR count). The Morgan fingerprint density at radius 2 is 1.85 bits per heavy atom. The summed E-state index contributed by atoms with van der Waals surface area (Å²) in [6.45, 7) is 5.04. The Hall–Kier alpha value is -1.06. The van der Waals surface area contributed by atoms with Crippen LogP contribution in [0.4, 0.5) is 0 Å². The van der Waals surface area contributed by atoms with Gasteiger partial charge < -0.3 is 9.84 Å². The van der Waals surface area contributed by atoms with Crippen molar-refractivity contribution >= 4 is 16.9 Å². The van der Waals surface area contributed by atoms with Gasteiger partial charge >= 0.3 is 0 Å². The van der Waals surface area contributed by atoms with Crippen molar-refractivity contribution in [3.8, 4) is 5.06 Å². The van der Waals surface area contributed by atoms with Gasteiger partial charge in [-0.3, -0.25) is 0 Å². The SMILES string of the molecule is COc1ccc(C2=CC[C@H]3[C@@H]4CC=C5CC(O)CC[C@]5(C)[C@H]4CC[C@]23C)s1. The first-order chi connectivity index (χ1) is 13.0. The number of hydrogen-bond acceptors (Lipinski definition) is 3. The third-order valence-electron chi connectivity index (χ3n) is 8.71. The Morgan fingerprint density at radius 1 is 1.04 bits per heavy atom. The molecule has 3 heteroatoms. The van der Waals surface area contributed by atoms with E-state index in [4.69, 9.17) is 4.74 Å². The topological polar surface area (TPSA) is 29.5 Å². The predicted molar refractivity (Wildman–Crippen MR) is 112 cm³/mol. The molecule has 0 saturated heterocycles. The summed E-state index contributed by atoms with van der Waals surface area (Å²) in [5, 5.41) is 11.2. The van der Waals surface area contributed by atoms with E-state index >= 15 is 0 Å². The van der Waals surface area contributed by atoms with Gasteiger partial charge in [0.1, 0.15) is 0 Å². The van der Waals surface area contributed by atoms with Gasteiger partial charge in [-0.1, -0.05) is 42.9 Å². The normalized spacial score (nSPS) is 43.3. The van der Waals surface area contributed by atoms with E-state index in [1.165, 1.54) is 37.0 Å². The maximum Gasteiger partial charge on any atom is 0.173 e. The molecule has 2 saturated carbocycles. The average molecular weight is 385 g/mol. The highest BCUT2D eigenvalue weighted by atomic mass is 32.1. The minimum absolute atomic E-state index is 0.108. The van der Waals surface area contributed by atoms with Crippen LogP contribution in [0.15, 0.2) is 29.9 Å². The van der Waals surface area contributed by atoms with Crippen LogP contribution < -0.4 is 4.74 Å². The van der Waals surface area contributed by atoms with Crippen LogP contribution in [0.1, 0.15) is 63.7 Å². The summed E-state index contributed by atoms with van der Waals surface area (Å²) in [5.74, 6) is 2.36. The molecule has 1 aromatic heterocycles. The van der Waals surface area contributed by atoms with Gasteiger partial charge in [-0.05, 0) is 91.2 Å². The van der Waals surface area contributed by atoms with E-state index in [9.17, 15) is 5.11 Å². The van der Waals surface area contributed by atoms with E-state index < -0.39 is 0 Å². The van der Waals surface area contributed by atoms with Gasteiger partial charge in [-0.2, -0.15) is 0 Å². The summed E-state index contributed by atoms with van der Waals surface area (Å²) < 4.78 is 5.45. The molecule has 0 spiro atoms. The fourth-order valence-corrected chi connectivity index (χ4v) is 8.16. The van der Waals surface area contributed by atoms with E-state index in [1.54, 1.807) is 29.6 Å². The van der Waals surface area contributed by atoms with Crippen molar-refractivity contribution in [2.24, 2.45) is 28.6 Å². The van der Waals surface area contributed by atoms with Gasteiger partial charge in [0.2, 0.25) is 0 Å². The number of fused-ring (bicyclic) bond motifs is 5. The molecular weight excluding hydrogens is 352 g/mol. The summed E-state index contributed by atoms with van der Waals surface area (Å²) in [6.07, 6.45) is 13.1. The molecule has 6 atom stereocenters. The Balaban J connectivity index is 1.45. The van der Waals surface area contributed by atoms with Crippen molar-refractivity contribution in [3.05, 3.63) is 34.7 Å². The van der Waals surface area contributed by atoms with E-state index in [2.05, 4.69) is 38.1 Å². The van der Waals surface area contributed by atoms with Crippen molar-refractivity contribution in [3.63, 3.8) is 0 Å². The first-order valence-corrected chi connectivity index (χ1v) is 11.5. The van der Waals surface area contributed by atoms with Gasteiger partial charge in [0, 0.05) is 4.88 Å². The first kappa shape index (κ1) is 18.0. The lowest BCUT2D eigenvalue weighted by molar-refractivity contribution is -0.0237. The lowest BCUT2D eigenvalue weighted by Crippen LogP contribution is -2.49. The molecule has 1 unspecified atom stereocenters. The number of ether oxygens (including phenoxy) is 1. The molecule has 0 amide bonds. The lowest BCUT2D eigenvalue weighted by atomic mass is 9.47. The maximum atomic E-state index is 10.2. The Labute approximate surface area is 167 Å². The van der Waals surface area contributed by atoms with Crippen LogP contribution in [0.3, 0.4) is 0 Å². The zero-order valence-corrected chi connectivity index (χ0v) is 17.6. The first-order valence-electron chi connectivity index (χ1n) is 10.7. The summed E-state index contributed by atoms with van der Waals surface area (Å²) in [4.78, 5) is 1.41. The van der Waals surface area contributed by atoms with Crippen LogP contribution in [0.2, 0.25) is 0 Å². The maximum absolute atomic E-state index is 10.2. The predicted octanol–water partition coefficient (Wildman–Crippen LogP) is 6.07. The van der Waals surface area contributed by atoms with Crippen molar-refractivity contribution < 1.29 is 9.84 Å². The van der Waals surface area contributed by atoms with Gasteiger partial charge in [-0.15, -0.1) is 0 Å². The summed E-state index contributed by atoms with van der Waals surface area (Å²) >= 11 is 1.80. The van der Waals surface area contributed by atoms with Crippen LogP contribution in [-0.2, 0) is 0 Å². The van der Waals surface area contributed by atoms with E-state index in [-0.39, 0.29) is 6.10 Å². The molecule has 4 aliphatic rings. The minimum Gasteiger partial charge on any atom is -0.487 e. The number of methoxy groups -OCH3 is 1. The smallest absolute Gasteiger partial charge is 0.173 e. The summed E-state index contributed by atoms with van der Waals surface area (Å²) in [5.41, 5.74) is 3.80. The number of hydrogen-bond donors (Lipinski definition) is 1. The largest absolute Gasteiger partial charge is 0.487 e. The third kappa shape index (κ3) is 2.54. The van der Waals surface area contributed by atoms with E-state index in [0.29, 0.717) is 10.8 Å². The molecule has 0 bridgehead atoms. The summed E-state index contributed by atoms with van der Waals surface area (Å²) in [7, 11) is 1.77. The monoisotopic (exact) mass is 384 g/mol. The molecule has 0 radical (unpaired) electrons. The number of rotatable bonds is 2. The van der Waals surface area contributed by atoms with Gasteiger partial charge in [0.25, 0.3) is 0 Å². The molecular formula is C24H32O2S. The fourth-order valence-electron chi connectivity index (χ4n) is 7.17. The van der Waals surface area contributed by atoms with Crippen molar-refractivity contribution in [1.82, 2.24) is 0 Å². The van der Waals surface area contributed by atoms with E-state index in [0.717, 1.165) is 35.7 Å². The van der Waals surface area contributed by atoms with Crippen LogP contribution in [0.5, 0.6) is 5.06 Å². The molecule has 1 heterocycles. The number of allylic oxidation sites excluding steroid dienone is 3. The molecule has 146 valence electrons. The third-order valence-corrected chi connectivity index (χ3v) is 9.79. The molecule has 0 aliphatic heterocycles. The van der Waals surface area contributed by atoms with Gasteiger partial charge in [-0.25, -0.2) is 0 Å². The van der Waals surface area contributed by atoms with Crippen molar-refractivity contribution in [2.75, 3.05) is 7.11 Å². The number of aliphatic hydroxyl groups is 1. The molecule has 4 aliphatic carbocycles. The van der Waals surface area contributed by atoms with Gasteiger partial charge in [0.15, 0.2) is 5.06 Å². The van der Waals surface area contributed by atoms with Crippen molar-refractivity contribution in [2.45, 2.75) is 64.9 Å². The Bertz CT molecular complexity index is 805. The molecule has 2 fully saturated rings. The lowest BCUT2D eigenvalue weighted by Gasteiger charge is -2.57. The second-order valence-electron chi connectivity index (χ2n) is 9.79. The minimum atomic E-state index is -0.108. The molecule has 1 aromatic rings. The van der Waals surface area contributed by atoms with Crippen LogP contribution >= 0.6 is 11.3 Å². The highest BCUT2D eigenvalue weighted by Gasteiger charge is 2.56. The standard InChI is InChI=1S/C24H32O2S/c1-23-12-10-16(25)14-15(23)4-5-17-18-6-7-20(21-8-9-22(26-3)27-21)24(18,2)13-11-19(17)23/h4,7-9,16-19,25H,5-6,10-14H2,1-3H3/t16?,17-,18-,19-,23-,24-/m0/s1. The average Bonchev–Trinajstić information content (AvgIpc) is 3.25. The van der Waals surface area contributed by atoms with Crippen LogP contribution in [0, 0.1) is 28.6 Å². The highest BCUT2D eigenvalue weighted by Crippen LogP contribution is 2.66. The summed E-state index contributed by atoms with van der Waals surface area (Å²) in [6, 6.07) is 4.38. The number of thiophene rings is 1. The molecule has 0 aromatic carbocycles. The number of aliphatic hydroxyl groups excluding tert-OH is 1. The highest BCUT2D eigenvalue weighted by molar-refractivity contribution is 7.14. The van der Waals surface area contributed by atoms with Crippen molar-refractivity contribution in [1.29, 1.82) is 0 Å². The Morgan fingerprint density at radius 3 is 2.63 bits per heavy atom. The van der Waals surface area contributed by atoms with E-state index in [1.807, 2.05) is 0 Å². The molecule has 2 nitrogen and oxygen atoms in total. The van der Waals surface area contributed by atoms with Gasteiger partial charge in [0.05, 0.1) is 13.2 Å². The molecule has 27 heavy (non-hydrogen) atoms. The quantitative estimate of drug-likeness (QED) is 0.627. The van der Waals surface area contributed by atoms with Crippen LogP contribution in [0.25, 0.3) is 5.57 Å². The molecule has 1 N–H and O–H groups in total. The zero-order valence-electron chi connectivity index (χ0n) is 16.8. The second-order valence-corrected chi connectivity index (χ2v) is 10.8. The fraction of sp³-hybridized carbons (Fsp3) is 0.667. The van der Waals surface area contributed by atoms with Crippen LogP contribution in [-0.4, -0.2) is 18.3 Å². The second kappa shape index (κ2) is 6.22. The zero-order chi connectivity index (χ0) is 18.8. The Kier molecular flexibility index (Phi) is 4.15.